The summed E-state index contributed by atoms with van der Waals surface area (Å²) in [6, 6.07) is 3.96. The van der Waals surface area contributed by atoms with Crippen LogP contribution in [0.5, 0.6) is 0 Å². The zero-order chi connectivity index (χ0) is 10.5. The summed E-state index contributed by atoms with van der Waals surface area (Å²) in [5, 5.41) is 13.3. The van der Waals surface area contributed by atoms with E-state index in [4.69, 9.17) is 0 Å². The van der Waals surface area contributed by atoms with Gasteiger partial charge in [0, 0.05) is 18.9 Å². The van der Waals surface area contributed by atoms with Gasteiger partial charge in [-0.25, -0.2) is 0 Å². The van der Waals surface area contributed by atoms with Crippen LogP contribution in [0.15, 0.2) is 24.5 Å². The van der Waals surface area contributed by atoms with Crippen molar-refractivity contribution in [1.82, 2.24) is 15.2 Å². The Kier molecular flexibility index (Phi) is 3.24. The second kappa shape index (κ2) is 4.84. The highest BCUT2D eigenvalue weighted by Gasteiger charge is 2.00. The van der Waals surface area contributed by atoms with Crippen molar-refractivity contribution in [3.8, 4) is 0 Å². The smallest absolute Gasteiger partial charge is 0.205 e. The molecule has 2 aromatic rings. The van der Waals surface area contributed by atoms with Gasteiger partial charge in [0.1, 0.15) is 5.01 Å². The quantitative estimate of drug-likeness (QED) is 0.857. The van der Waals surface area contributed by atoms with Crippen molar-refractivity contribution in [2.24, 2.45) is 0 Å². The molecule has 0 unspecified atom stereocenters. The molecule has 5 heteroatoms. The van der Waals surface area contributed by atoms with Crippen LogP contribution in [-0.4, -0.2) is 15.2 Å². The fourth-order valence-electron chi connectivity index (χ4n) is 1.15. The second-order valence-corrected chi connectivity index (χ2v) is 4.13. The van der Waals surface area contributed by atoms with Crippen LogP contribution >= 0.6 is 11.3 Å². The first-order valence-electron chi connectivity index (χ1n) is 4.83. The molecule has 1 N–H and O–H groups in total. The molecule has 0 radical (unpaired) electrons. The number of aromatic nitrogens is 3. The predicted octanol–water partition coefficient (Wildman–Crippen LogP) is 2.11. The van der Waals surface area contributed by atoms with Gasteiger partial charge in [0.15, 0.2) is 0 Å². The van der Waals surface area contributed by atoms with Crippen LogP contribution < -0.4 is 5.32 Å². The normalized spacial score (nSPS) is 10.2. The number of nitrogens with zero attached hydrogens (tertiary/aromatic N) is 3. The van der Waals surface area contributed by atoms with E-state index >= 15 is 0 Å². The molecular weight excluding hydrogens is 208 g/mol. The van der Waals surface area contributed by atoms with E-state index in [0.29, 0.717) is 0 Å². The fourth-order valence-corrected chi connectivity index (χ4v) is 1.82. The van der Waals surface area contributed by atoms with Crippen LogP contribution in [0.3, 0.4) is 0 Å². The molecule has 0 fully saturated rings. The molecule has 0 aliphatic rings. The van der Waals surface area contributed by atoms with E-state index < -0.39 is 0 Å². The highest BCUT2D eigenvalue weighted by Crippen LogP contribution is 2.15. The van der Waals surface area contributed by atoms with Gasteiger partial charge in [-0.05, 0) is 24.1 Å². The van der Waals surface area contributed by atoms with Crippen LogP contribution in [0.1, 0.15) is 17.5 Å². The summed E-state index contributed by atoms with van der Waals surface area (Å²) in [5.74, 6) is 0. The third kappa shape index (κ3) is 2.73. The molecule has 15 heavy (non-hydrogen) atoms. The lowest BCUT2D eigenvalue weighted by Crippen LogP contribution is -1.98. The van der Waals surface area contributed by atoms with Crippen LogP contribution in [0, 0.1) is 0 Å². The predicted molar refractivity (Wildman–Crippen MR) is 60.9 cm³/mol. The topological polar surface area (TPSA) is 50.7 Å². The Bertz CT molecular complexity index is 412. The molecule has 0 saturated carbocycles. The lowest BCUT2D eigenvalue weighted by molar-refractivity contribution is 0.975. The van der Waals surface area contributed by atoms with Gasteiger partial charge >= 0.3 is 0 Å². The van der Waals surface area contributed by atoms with Crippen molar-refractivity contribution < 1.29 is 0 Å². The first-order valence-corrected chi connectivity index (χ1v) is 5.65. The number of nitrogens with one attached hydrogen (secondary N) is 1. The number of anilines is 1. The largest absolute Gasteiger partial charge is 0.356 e. The summed E-state index contributed by atoms with van der Waals surface area (Å²) in [7, 11) is 0. The SMILES string of the molecule is CCc1nnc(NCc2ccncc2)s1. The number of pyridine rings is 1. The molecule has 2 aromatic heterocycles. The summed E-state index contributed by atoms with van der Waals surface area (Å²) in [6.07, 6.45) is 4.51. The van der Waals surface area contributed by atoms with E-state index in [1.54, 1.807) is 23.7 Å². The Morgan fingerprint density at radius 2 is 2.07 bits per heavy atom. The lowest BCUT2D eigenvalue weighted by Gasteiger charge is -2.00. The van der Waals surface area contributed by atoms with Crippen molar-refractivity contribution >= 4 is 16.5 Å². The molecule has 4 nitrogen and oxygen atoms in total. The van der Waals surface area contributed by atoms with E-state index in [2.05, 4.69) is 27.4 Å². The average Bonchev–Trinajstić information content (AvgIpc) is 2.76. The average molecular weight is 220 g/mol. The Hall–Kier alpha value is -1.49. The third-order valence-corrected chi connectivity index (χ3v) is 2.99. The van der Waals surface area contributed by atoms with Crippen molar-refractivity contribution in [3.05, 3.63) is 35.1 Å². The minimum absolute atomic E-state index is 0.765. The maximum Gasteiger partial charge on any atom is 0.205 e. The summed E-state index contributed by atoms with van der Waals surface area (Å²) in [5.41, 5.74) is 1.19. The van der Waals surface area contributed by atoms with Gasteiger partial charge in [0.25, 0.3) is 0 Å². The van der Waals surface area contributed by atoms with E-state index in [0.717, 1.165) is 23.1 Å². The molecular formula is C10H12N4S. The highest BCUT2D eigenvalue weighted by molar-refractivity contribution is 7.15. The van der Waals surface area contributed by atoms with Gasteiger partial charge in [-0.1, -0.05) is 18.3 Å². The maximum atomic E-state index is 4.04. The van der Waals surface area contributed by atoms with Crippen LogP contribution in [0.25, 0.3) is 0 Å². The molecule has 2 rings (SSSR count). The molecule has 78 valence electrons. The van der Waals surface area contributed by atoms with Crippen LogP contribution in [0.4, 0.5) is 5.13 Å². The highest BCUT2D eigenvalue weighted by atomic mass is 32.1. The van der Waals surface area contributed by atoms with Crippen molar-refractivity contribution in [2.75, 3.05) is 5.32 Å². The van der Waals surface area contributed by atoms with Gasteiger partial charge in [0.2, 0.25) is 5.13 Å². The van der Waals surface area contributed by atoms with Gasteiger partial charge in [-0.3, -0.25) is 4.98 Å². The van der Waals surface area contributed by atoms with Crippen LogP contribution in [-0.2, 0) is 13.0 Å². The molecule has 0 amide bonds. The standard InChI is InChI=1S/C10H12N4S/c1-2-9-13-14-10(15-9)12-7-8-3-5-11-6-4-8/h3-6H,2,7H2,1H3,(H,12,14). The summed E-state index contributed by atoms with van der Waals surface area (Å²) < 4.78 is 0. The zero-order valence-electron chi connectivity index (χ0n) is 8.47. The van der Waals surface area contributed by atoms with Gasteiger partial charge in [-0.2, -0.15) is 0 Å². The van der Waals surface area contributed by atoms with Crippen molar-refractivity contribution in [2.45, 2.75) is 19.9 Å². The van der Waals surface area contributed by atoms with E-state index in [1.807, 2.05) is 12.1 Å². The number of rotatable bonds is 4. The molecule has 0 aromatic carbocycles. The first-order chi connectivity index (χ1) is 7.38. The molecule has 0 atom stereocenters. The molecule has 0 spiro atoms. The minimum atomic E-state index is 0.765. The van der Waals surface area contributed by atoms with E-state index in [1.165, 1.54) is 5.56 Å². The minimum Gasteiger partial charge on any atom is -0.356 e. The number of aryl methyl sites for hydroxylation is 1. The number of hydrogen-bond donors (Lipinski definition) is 1. The summed E-state index contributed by atoms with van der Waals surface area (Å²) >= 11 is 1.60. The molecule has 0 bridgehead atoms. The molecule has 0 aliphatic carbocycles. The Morgan fingerprint density at radius 1 is 1.27 bits per heavy atom. The van der Waals surface area contributed by atoms with E-state index in [-0.39, 0.29) is 0 Å². The fraction of sp³-hybridized carbons (Fsp3) is 0.300. The molecule has 0 aliphatic heterocycles. The lowest BCUT2D eigenvalue weighted by atomic mass is 10.3. The summed E-state index contributed by atoms with van der Waals surface area (Å²) in [4.78, 5) is 3.96. The second-order valence-electron chi connectivity index (χ2n) is 3.06. The van der Waals surface area contributed by atoms with Crippen molar-refractivity contribution in [1.29, 1.82) is 0 Å². The van der Waals surface area contributed by atoms with E-state index in [9.17, 15) is 0 Å². The maximum absolute atomic E-state index is 4.04. The zero-order valence-corrected chi connectivity index (χ0v) is 9.29. The Balaban J connectivity index is 1.93. The molecule has 2 heterocycles. The van der Waals surface area contributed by atoms with Gasteiger partial charge < -0.3 is 5.32 Å². The first kappa shape index (κ1) is 10.0. The summed E-state index contributed by atoms with van der Waals surface area (Å²) in [6.45, 7) is 2.84. The third-order valence-electron chi connectivity index (χ3n) is 1.96. The van der Waals surface area contributed by atoms with Crippen LogP contribution in [0.2, 0.25) is 0 Å². The number of hydrogen-bond acceptors (Lipinski definition) is 5. The van der Waals surface area contributed by atoms with Gasteiger partial charge in [0.05, 0.1) is 0 Å². The Labute approximate surface area is 92.4 Å². The molecule has 0 saturated heterocycles. The Morgan fingerprint density at radius 3 is 2.73 bits per heavy atom. The monoisotopic (exact) mass is 220 g/mol. The van der Waals surface area contributed by atoms with Crippen molar-refractivity contribution in [3.63, 3.8) is 0 Å². The van der Waals surface area contributed by atoms with Gasteiger partial charge in [-0.15, -0.1) is 10.2 Å².